The third-order valence-electron chi connectivity index (χ3n) is 6.04. The molecule has 0 aliphatic carbocycles. The molecule has 6 nitrogen and oxygen atoms in total. The molecule has 8 heteroatoms. The van der Waals surface area contributed by atoms with Crippen molar-refractivity contribution >= 4 is 40.3 Å². The molecule has 0 spiro atoms. The fourth-order valence-electron chi connectivity index (χ4n) is 4.07. The molecule has 2 heterocycles. The van der Waals surface area contributed by atoms with E-state index in [-0.39, 0.29) is 5.91 Å². The normalized spacial score (nSPS) is 14.5. The summed E-state index contributed by atoms with van der Waals surface area (Å²) in [5.74, 6) is 1.12. The Balaban J connectivity index is 1.54. The van der Waals surface area contributed by atoms with Crippen LogP contribution in [0.3, 0.4) is 0 Å². The van der Waals surface area contributed by atoms with Gasteiger partial charge in [-0.05, 0) is 48.9 Å². The summed E-state index contributed by atoms with van der Waals surface area (Å²) in [7, 11) is 3.20. The van der Waals surface area contributed by atoms with E-state index >= 15 is 0 Å². The Kier molecular flexibility index (Phi) is 7.12. The first-order chi connectivity index (χ1) is 18.0. The van der Waals surface area contributed by atoms with Gasteiger partial charge in [0, 0.05) is 17.3 Å². The fraction of sp³-hybridized carbons (Fsp3) is 0.138. The standard InChI is InChI=1S/C29H25N3O3S2/c1-19-9-11-20(12-10-19)17-31-28(33)26(37-29(31)36)16-22-18-32(23-7-5-4-6-8-23)30-27(22)21-13-14-24(34-2)25(15-21)35-3/h4-16,18H,17H2,1-3H3/b26-16+. The van der Waals surface area contributed by atoms with E-state index in [2.05, 4.69) is 0 Å². The van der Waals surface area contributed by atoms with Crippen LogP contribution in [0.2, 0.25) is 0 Å². The van der Waals surface area contributed by atoms with Crippen LogP contribution in [0.5, 0.6) is 11.5 Å². The Morgan fingerprint density at radius 2 is 1.70 bits per heavy atom. The molecule has 0 unspecified atom stereocenters. The van der Waals surface area contributed by atoms with Crippen LogP contribution in [0.25, 0.3) is 23.0 Å². The van der Waals surface area contributed by atoms with Crippen LogP contribution in [0.15, 0.2) is 83.9 Å². The summed E-state index contributed by atoms with van der Waals surface area (Å²) in [6.07, 6.45) is 3.79. The zero-order valence-electron chi connectivity index (χ0n) is 20.7. The lowest BCUT2D eigenvalue weighted by Crippen LogP contribution is -2.27. The van der Waals surface area contributed by atoms with Crippen molar-refractivity contribution in [2.24, 2.45) is 0 Å². The first-order valence-corrected chi connectivity index (χ1v) is 12.9. The molecule has 4 aromatic rings. The summed E-state index contributed by atoms with van der Waals surface area (Å²) in [4.78, 5) is 15.6. The van der Waals surface area contributed by atoms with Crippen molar-refractivity contribution in [1.82, 2.24) is 14.7 Å². The topological polar surface area (TPSA) is 56.6 Å². The van der Waals surface area contributed by atoms with Gasteiger partial charge in [-0.15, -0.1) is 0 Å². The second kappa shape index (κ2) is 10.6. The van der Waals surface area contributed by atoms with E-state index in [9.17, 15) is 4.79 Å². The predicted octanol–water partition coefficient (Wildman–Crippen LogP) is 6.27. The van der Waals surface area contributed by atoms with Crippen molar-refractivity contribution in [3.05, 3.63) is 101 Å². The number of carbonyl (C=O) groups is 1. The summed E-state index contributed by atoms with van der Waals surface area (Å²) in [5.41, 5.74) is 5.48. The van der Waals surface area contributed by atoms with Crippen LogP contribution in [0.4, 0.5) is 0 Å². The second-order valence-corrected chi connectivity index (χ2v) is 10.2. The summed E-state index contributed by atoms with van der Waals surface area (Å²) >= 11 is 6.89. The molecule has 186 valence electrons. The number of hydrogen-bond acceptors (Lipinski definition) is 6. The molecular weight excluding hydrogens is 502 g/mol. The van der Waals surface area contributed by atoms with Gasteiger partial charge in [-0.25, -0.2) is 4.68 Å². The van der Waals surface area contributed by atoms with E-state index < -0.39 is 0 Å². The van der Waals surface area contributed by atoms with Gasteiger partial charge in [-0.1, -0.05) is 72.0 Å². The first kappa shape index (κ1) is 24.8. The van der Waals surface area contributed by atoms with E-state index in [1.807, 2.05) is 96.7 Å². The monoisotopic (exact) mass is 527 g/mol. The fourth-order valence-corrected chi connectivity index (χ4v) is 5.31. The number of thioether (sulfide) groups is 1. The largest absolute Gasteiger partial charge is 0.493 e. The molecule has 1 saturated heterocycles. The van der Waals surface area contributed by atoms with Crippen LogP contribution >= 0.6 is 24.0 Å². The van der Waals surface area contributed by atoms with Crippen LogP contribution in [-0.4, -0.2) is 39.1 Å². The molecule has 0 radical (unpaired) electrons. The Hall–Kier alpha value is -3.88. The molecule has 5 rings (SSSR count). The van der Waals surface area contributed by atoms with Crippen molar-refractivity contribution in [1.29, 1.82) is 0 Å². The quantitative estimate of drug-likeness (QED) is 0.209. The average molecular weight is 528 g/mol. The van der Waals surface area contributed by atoms with Crippen molar-refractivity contribution < 1.29 is 14.3 Å². The first-order valence-electron chi connectivity index (χ1n) is 11.6. The number of ether oxygens (including phenoxy) is 2. The Bertz CT molecular complexity index is 1490. The van der Waals surface area contributed by atoms with Gasteiger partial charge in [0.05, 0.1) is 31.4 Å². The molecule has 1 fully saturated rings. The molecule has 1 amide bonds. The van der Waals surface area contributed by atoms with Crippen LogP contribution < -0.4 is 9.47 Å². The Morgan fingerprint density at radius 3 is 2.41 bits per heavy atom. The summed E-state index contributed by atoms with van der Waals surface area (Å²) in [6.45, 7) is 2.48. The number of methoxy groups -OCH3 is 2. The molecule has 0 atom stereocenters. The highest BCUT2D eigenvalue weighted by molar-refractivity contribution is 8.26. The number of amides is 1. The zero-order valence-corrected chi connectivity index (χ0v) is 22.3. The summed E-state index contributed by atoms with van der Waals surface area (Å²) in [5, 5.41) is 4.87. The molecule has 1 aliphatic heterocycles. The maximum absolute atomic E-state index is 13.4. The highest BCUT2D eigenvalue weighted by Crippen LogP contribution is 2.37. The second-order valence-electron chi connectivity index (χ2n) is 8.54. The number of para-hydroxylation sites is 1. The Labute approximate surface area is 225 Å². The molecule has 1 aliphatic rings. The van der Waals surface area contributed by atoms with Gasteiger partial charge in [0.1, 0.15) is 10.0 Å². The molecule has 0 N–H and O–H groups in total. The van der Waals surface area contributed by atoms with Crippen LogP contribution in [0, 0.1) is 6.92 Å². The SMILES string of the molecule is COc1ccc(-c2nn(-c3ccccc3)cc2/C=C2/SC(=S)N(Cc3ccc(C)cc3)C2=O)cc1OC. The van der Waals surface area contributed by atoms with E-state index in [1.165, 1.54) is 17.3 Å². The number of aryl methyl sites for hydroxylation is 1. The molecule has 37 heavy (non-hydrogen) atoms. The molecule has 1 aromatic heterocycles. The van der Waals surface area contributed by atoms with Gasteiger partial charge in [0.25, 0.3) is 5.91 Å². The van der Waals surface area contributed by atoms with E-state index in [4.69, 9.17) is 26.8 Å². The van der Waals surface area contributed by atoms with Crippen molar-refractivity contribution in [2.45, 2.75) is 13.5 Å². The smallest absolute Gasteiger partial charge is 0.266 e. The van der Waals surface area contributed by atoms with Crippen molar-refractivity contribution in [3.8, 4) is 28.4 Å². The van der Waals surface area contributed by atoms with Gasteiger partial charge in [-0.2, -0.15) is 5.10 Å². The van der Waals surface area contributed by atoms with E-state index in [0.29, 0.717) is 33.0 Å². The minimum atomic E-state index is -0.110. The minimum absolute atomic E-state index is 0.110. The zero-order chi connectivity index (χ0) is 25.9. The highest BCUT2D eigenvalue weighted by Gasteiger charge is 2.32. The maximum atomic E-state index is 13.4. The number of aromatic nitrogens is 2. The highest BCUT2D eigenvalue weighted by atomic mass is 32.2. The molecule has 3 aromatic carbocycles. The lowest BCUT2D eigenvalue weighted by molar-refractivity contribution is -0.122. The minimum Gasteiger partial charge on any atom is -0.493 e. The summed E-state index contributed by atoms with van der Waals surface area (Å²) in [6, 6.07) is 23.6. The number of rotatable bonds is 7. The number of nitrogens with zero attached hydrogens (tertiary/aromatic N) is 3. The lowest BCUT2D eigenvalue weighted by atomic mass is 10.1. The van der Waals surface area contributed by atoms with Gasteiger partial charge >= 0.3 is 0 Å². The number of benzene rings is 3. The van der Waals surface area contributed by atoms with Gasteiger partial charge < -0.3 is 9.47 Å². The lowest BCUT2D eigenvalue weighted by Gasteiger charge is -2.14. The number of carbonyl (C=O) groups excluding carboxylic acids is 1. The van der Waals surface area contributed by atoms with Crippen LogP contribution in [-0.2, 0) is 11.3 Å². The summed E-state index contributed by atoms with van der Waals surface area (Å²) < 4.78 is 13.3. The van der Waals surface area contributed by atoms with Crippen molar-refractivity contribution in [3.63, 3.8) is 0 Å². The van der Waals surface area contributed by atoms with Crippen LogP contribution in [0.1, 0.15) is 16.7 Å². The molecule has 0 bridgehead atoms. The maximum Gasteiger partial charge on any atom is 0.266 e. The number of hydrogen-bond donors (Lipinski definition) is 0. The average Bonchev–Trinajstić information content (AvgIpc) is 3.46. The van der Waals surface area contributed by atoms with E-state index in [1.54, 1.807) is 19.1 Å². The van der Waals surface area contributed by atoms with E-state index in [0.717, 1.165) is 22.4 Å². The predicted molar refractivity (Wildman–Crippen MR) is 152 cm³/mol. The molecule has 0 saturated carbocycles. The van der Waals surface area contributed by atoms with Crippen molar-refractivity contribution in [2.75, 3.05) is 14.2 Å². The molecular formula is C29H25N3O3S2. The van der Waals surface area contributed by atoms with Gasteiger partial charge in [0.2, 0.25) is 0 Å². The third-order valence-corrected chi connectivity index (χ3v) is 7.42. The van der Waals surface area contributed by atoms with Gasteiger partial charge in [0.15, 0.2) is 11.5 Å². The number of thiocarbonyl (C=S) groups is 1. The van der Waals surface area contributed by atoms with Gasteiger partial charge in [-0.3, -0.25) is 9.69 Å². The third kappa shape index (κ3) is 5.16. The Morgan fingerprint density at radius 1 is 0.973 bits per heavy atom.